The number of hydrogen-bond donors (Lipinski definition) is 1. The summed E-state index contributed by atoms with van der Waals surface area (Å²) in [6.07, 6.45) is 7.88. The van der Waals surface area contributed by atoms with Crippen LogP contribution >= 0.6 is 0 Å². The minimum absolute atomic E-state index is 0.696. The third-order valence-corrected chi connectivity index (χ3v) is 3.90. The number of hydrogen-bond acceptors (Lipinski definition) is 2. The molecule has 1 heterocycles. The van der Waals surface area contributed by atoms with Crippen LogP contribution in [0.4, 0.5) is 0 Å². The number of aromatic nitrogens is 1. The van der Waals surface area contributed by atoms with Gasteiger partial charge in [-0.25, -0.2) is 0 Å². The summed E-state index contributed by atoms with van der Waals surface area (Å²) >= 11 is 0. The van der Waals surface area contributed by atoms with Gasteiger partial charge in [-0.2, -0.15) is 0 Å². The quantitative estimate of drug-likeness (QED) is 0.865. The zero-order chi connectivity index (χ0) is 12.3. The smallest absolute Gasteiger partial charge is 0.0300 e. The molecule has 0 amide bonds. The molecular weight excluding hydrogens is 208 g/mol. The van der Waals surface area contributed by atoms with Crippen molar-refractivity contribution in [2.75, 3.05) is 0 Å². The average Bonchev–Trinajstić information content (AvgIpc) is 2.27. The maximum absolute atomic E-state index is 4.14. The molecule has 0 radical (unpaired) electrons. The Morgan fingerprint density at radius 3 is 2.59 bits per heavy atom. The SMILES string of the molecule is Cc1cnccc1CNC1CC(C)CC(C)C1. The van der Waals surface area contributed by atoms with E-state index in [1.54, 1.807) is 0 Å². The van der Waals surface area contributed by atoms with E-state index in [4.69, 9.17) is 0 Å². The first kappa shape index (κ1) is 12.6. The molecule has 0 bridgehead atoms. The molecule has 1 fully saturated rings. The minimum atomic E-state index is 0.696. The number of rotatable bonds is 3. The van der Waals surface area contributed by atoms with Gasteiger partial charge in [0.15, 0.2) is 0 Å². The molecule has 2 atom stereocenters. The first-order valence-electron chi connectivity index (χ1n) is 6.78. The molecule has 94 valence electrons. The van der Waals surface area contributed by atoms with E-state index >= 15 is 0 Å². The molecule has 2 unspecified atom stereocenters. The fourth-order valence-corrected chi connectivity index (χ4v) is 3.07. The van der Waals surface area contributed by atoms with E-state index in [9.17, 15) is 0 Å². The normalized spacial score (nSPS) is 29.2. The average molecular weight is 232 g/mol. The molecule has 1 aliphatic rings. The van der Waals surface area contributed by atoms with Crippen molar-refractivity contribution in [3.63, 3.8) is 0 Å². The van der Waals surface area contributed by atoms with E-state index in [0.29, 0.717) is 6.04 Å². The van der Waals surface area contributed by atoms with Crippen molar-refractivity contribution >= 4 is 0 Å². The van der Waals surface area contributed by atoms with Crippen molar-refractivity contribution in [2.24, 2.45) is 11.8 Å². The molecule has 0 spiro atoms. The molecule has 2 nitrogen and oxygen atoms in total. The minimum Gasteiger partial charge on any atom is -0.310 e. The van der Waals surface area contributed by atoms with Crippen LogP contribution in [0.5, 0.6) is 0 Å². The largest absolute Gasteiger partial charge is 0.310 e. The number of nitrogens with one attached hydrogen (secondary N) is 1. The van der Waals surface area contributed by atoms with Gasteiger partial charge < -0.3 is 5.32 Å². The molecule has 2 heteroatoms. The zero-order valence-corrected chi connectivity index (χ0v) is 11.2. The summed E-state index contributed by atoms with van der Waals surface area (Å²) in [5.41, 5.74) is 2.67. The molecule has 1 saturated carbocycles. The van der Waals surface area contributed by atoms with Crippen LogP contribution in [0, 0.1) is 18.8 Å². The summed E-state index contributed by atoms with van der Waals surface area (Å²) in [4.78, 5) is 4.14. The van der Waals surface area contributed by atoms with Gasteiger partial charge in [0.2, 0.25) is 0 Å². The van der Waals surface area contributed by atoms with Crippen molar-refractivity contribution in [2.45, 2.75) is 52.6 Å². The molecular formula is C15H24N2. The van der Waals surface area contributed by atoms with Crippen molar-refractivity contribution in [1.82, 2.24) is 10.3 Å². The maximum Gasteiger partial charge on any atom is 0.0300 e. The van der Waals surface area contributed by atoms with Gasteiger partial charge in [-0.05, 0) is 55.2 Å². The standard InChI is InChI=1S/C15H24N2/c1-11-6-12(2)8-15(7-11)17-10-14-4-5-16-9-13(14)3/h4-5,9,11-12,15,17H,6-8,10H2,1-3H3. The third-order valence-electron chi connectivity index (χ3n) is 3.90. The third kappa shape index (κ3) is 3.53. The van der Waals surface area contributed by atoms with Crippen LogP contribution in [0.25, 0.3) is 0 Å². The molecule has 0 aromatic carbocycles. The first-order chi connectivity index (χ1) is 8.15. The van der Waals surface area contributed by atoms with Crippen molar-refractivity contribution in [1.29, 1.82) is 0 Å². The highest BCUT2D eigenvalue weighted by atomic mass is 14.9. The van der Waals surface area contributed by atoms with E-state index in [1.165, 1.54) is 30.4 Å². The Labute approximate surface area is 105 Å². The monoisotopic (exact) mass is 232 g/mol. The van der Waals surface area contributed by atoms with Gasteiger partial charge in [0.25, 0.3) is 0 Å². The van der Waals surface area contributed by atoms with Crippen LogP contribution < -0.4 is 5.32 Å². The fourth-order valence-electron chi connectivity index (χ4n) is 3.07. The summed E-state index contributed by atoms with van der Waals surface area (Å²) in [6, 6.07) is 2.82. The van der Waals surface area contributed by atoms with Gasteiger partial charge >= 0.3 is 0 Å². The predicted octanol–water partition coefficient (Wildman–Crippen LogP) is 3.30. The summed E-state index contributed by atoms with van der Waals surface area (Å²) in [7, 11) is 0. The Morgan fingerprint density at radius 2 is 1.94 bits per heavy atom. The van der Waals surface area contributed by atoms with Crippen molar-refractivity contribution < 1.29 is 0 Å². The highest BCUT2D eigenvalue weighted by Crippen LogP contribution is 2.28. The summed E-state index contributed by atoms with van der Waals surface area (Å²) in [5, 5.41) is 3.71. The topological polar surface area (TPSA) is 24.9 Å². The molecule has 2 rings (SSSR count). The van der Waals surface area contributed by atoms with Gasteiger partial charge in [-0.1, -0.05) is 13.8 Å². The van der Waals surface area contributed by atoms with Gasteiger partial charge in [-0.3, -0.25) is 4.98 Å². The zero-order valence-electron chi connectivity index (χ0n) is 11.2. The Bertz CT molecular complexity index is 352. The van der Waals surface area contributed by atoms with Gasteiger partial charge in [0.1, 0.15) is 0 Å². The highest BCUT2D eigenvalue weighted by molar-refractivity contribution is 5.21. The Morgan fingerprint density at radius 1 is 1.24 bits per heavy atom. The fraction of sp³-hybridized carbons (Fsp3) is 0.667. The molecule has 0 aliphatic heterocycles. The summed E-state index contributed by atoms with van der Waals surface area (Å²) in [5.74, 6) is 1.74. The molecule has 17 heavy (non-hydrogen) atoms. The lowest BCUT2D eigenvalue weighted by atomic mass is 9.80. The van der Waals surface area contributed by atoms with E-state index in [2.05, 4.69) is 37.1 Å². The first-order valence-corrected chi connectivity index (χ1v) is 6.78. The lowest BCUT2D eigenvalue weighted by molar-refractivity contribution is 0.238. The molecule has 1 N–H and O–H groups in total. The molecule has 1 aliphatic carbocycles. The van der Waals surface area contributed by atoms with Gasteiger partial charge in [0.05, 0.1) is 0 Å². The van der Waals surface area contributed by atoms with E-state index in [-0.39, 0.29) is 0 Å². The molecule has 1 aromatic heterocycles. The Hall–Kier alpha value is -0.890. The number of nitrogens with zero attached hydrogens (tertiary/aromatic N) is 1. The van der Waals surface area contributed by atoms with E-state index in [0.717, 1.165) is 18.4 Å². The molecule has 1 aromatic rings. The second-order valence-electron chi connectivity index (χ2n) is 5.80. The maximum atomic E-state index is 4.14. The van der Waals surface area contributed by atoms with Crippen LogP contribution in [0.2, 0.25) is 0 Å². The van der Waals surface area contributed by atoms with Crippen LogP contribution in [-0.2, 0) is 6.54 Å². The summed E-state index contributed by atoms with van der Waals surface area (Å²) in [6.45, 7) is 7.87. The van der Waals surface area contributed by atoms with Crippen LogP contribution in [0.1, 0.15) is 44.2 Å². The second-order valence-corrected chi connectivity index (χ2v) is 5.80. The van der Waals surface area contributed by atoms with Crippen LogP contribution in [0.15, 0.2) is 18.5 Å². The summed E-state index contributed by atoms with van der Waals surface area (Å²) < 4.78 is 0. The number of aryl methyl sites for hydroxylation is 1. The van der Waals surface area contributed by atoms with E-state index in [1.807, 2.05) is 12.4 Å². The second kappa shape index (κ2) is 5.63. The van der Waals surface area contributed by atoms with E-state index < -0.39 is 0 Å². The lowest BCUT2D eigenvalue weighted by Crippen LogP contribution is -2.36. The van der Waals surface area contributed by atoms with Gasteiger partial charge in [0, 0.05) is 25.0 Å². The van der Waals surface area contributed by atoms with Crippen molar-refractivity contribution in [3.8, 4) is 0 Å². The van der Waals surface area contributed by atoms with Crippen LogP contribution in [0.3, 0.4) is 0 Å². The predicted molar refractivity (Wildman–Crippen MR) is 71.8 cm³/mol. The lowest BCUT2D eigenvalue weighted by Gasteiger charge is -2.32. The van der Waals surface area contributed by atoms with Crippen LogP contribution in [-0.4, -0.2) is 11.0 Å². The Balaban J connectivity index is 1.88. The Kier molecular flexibility index (Phi) is 4.16. The van der Waals surface area contributed by atoms with Gasteiger partial charge in [-0.15, -0.1) is 0 Å². The molecule has 0 saturated heterocycles. The number of pyridine rings is 1. The highest BCUT2D eigenvalue weighted by Gasteiger charge is 2.23. The van der Waals surface area contributed by atoms with Crippen molar-refractivity contribution in [3.05, 3.63) is 29.6 Å².